The summed E-state index contributed by atoms with van der Waals surface area (Å²) in [4.78, 5) is 4.08. The third-order valence-electron chi connectivity index (χ3n) is 3.41. The number of hydrogen-bond donors (Lipinski definition) is 2. The highest BCUT2D eigenvalue weighted by Gasteiger charge is 2.11. The van der Waals surface area contributed by atoms with E-state index >= 15 is 0 Å². The van der Waals surface area contributed by atoms with Crippen molar-refractivity contribution in [1.29, 1.82) is 0 Å². The third-order valence-corrected chi connectivity index (χ3v) is 3.41. The molecular formula is C15H15N3O2. The van der Waals surface area contributed by atoms with Crippen LogP contribution in [0, 0.1) is 0 Å². The van der Waals surface area contributed by atoms with E-state index in [4.69, 9.17) is 15.7 Å². The Labute approximate surface area is 116 Å². The topological polar surface area (TPSA) is 80.7 Å². The van der Waals surface area contributed by atoms with Crippen molar-refractivity contribution in [2.45, 2.75) is 19.3 Å². The summed E-state index contributed by atoms with van der Waals surface area (Å²) in [5.41, 5.74) is 8.65. The Kier molecular flexibility index (Phi) is 3.25. The van der Waals surface area contributed by atoms with Crippen molar-refractivity contribution < 1.29 is 9.94 Å². The number of pyridine rings is 1. The number of benzene rings is 1. The van der Waals surface area contributed by atoms with Gasteiger partial charge in [0.15, 0.2) is 5.84 Å². The van der Waals surface area contributed by atoms with Crippen LogP contribution in [0.2, 0.25) is 0 Å². The molecule has 102 valence electrons. The number of amidine groups is 1. The Morgan fingerprint density at radius 3 is 2.70 bits per heavy atom. The minimum absolute atomic E-state index is 0.0194. The molecule has 3 N–H and O–H groups in total. The first-order valence-electron chi connectivity index (χ1n) is 6.50. The van der Waals surface area contributed by atoms with Crippen molar-refractivity contribution in [3.63, 3.8) is 0 Å². The number of nitrogens with two attached hydrogens (primary N) is 1. The number of aryl methyl sites for hydroxylation is 2. The normalized spacial score (nSPS) is 14.1. The molecule has 1 aromatic carbocycles. The van der Waals surface area contributed by atoms with E-state index in [1.807, 2.05) is 6.07 Å². The molecule has 2 aromatic rings. The first-order valence-corrected chi connectivity index (χ1v) is 6.50. The molecule has 1 heterocycles. The molecule has 1 aromatic heterocycles. The molecule has 1 aliphatic rings. The zero-order chi connectivity index (χ0) is 13.9. The molecule has 0 radical (unpaired) electrons. The number of hydrogen-bond acceptors (Lipinski definition) is 4. The zero-order valence-electron chi connectivity index (χ0n) is 10.9. The van der Waals surface area contributed by atoms with Crippen LogP contribution >= 0.6 is 0 Å². The molecule has 0 bridgehead atoms. The molecule has 3 rings (SSSR count). The zero-order valence-corrected chi connectivity index (χ0v) is 10.9. The van der Waals surface area contributed by atoms with E-state index in [1.54, 1.807) is 18.3 Å². The molecule has 0 aliphatic heterocycles. The second kappa shape index (κ2) is 5.21. The highest BCUT2D eigenvalue weighted by molar-refractivity contribution is 5.95. The van der Waals surface area contributed by atoms with E-state index in [9.17, 15) is 0 Å². The van der Waals surface area contributed by atoms with Crippen LogP contribution in [-0.2, 0) is 12.8 Å². The van der Waals surface area contributed by atoms with Crippen LogP contribution in [0.25, 0.3) is 0 Å². The van der Waals surface area contributed by atoms with Crippen molar-refractivity contribution in [1.82, 2.24) is 4.98 Å². The van der Waals surface area contributed by atoms with Crippen LogP contribution in [0.15, 0.2) is 41.7 Å². The van der Waals surface area contributed by atoms with Gasteiger partial charge in [0.25, 0.3) is 0 Å². The van der Waals surface area contributed by atoms with Gasteiger partial charge >= 0.3 is 0 Å². The van der Waals surface area contributed by atoms with Gasteiger partial charge in [0.05, 0.1) is 6.20 Å². The number of ether oxygens (including phenoxy) is 1. The number of nitrogens with zero attached hydrogens (tertiary/aromatic N) is 2. The Morgan fingerprint density at radius 2 is 1.95 bits per heavy atom. The maximum absolute atomic E-state index is 8.57. The van der Waals surface area contributed by atoms with E-state index < -0.39 is 0 Å². The van der Waals surface area contributed by atoms with Crippen LogP contribution in [-0.4, -0.2) is 16.0 Å². The molecule has 0 saturated carbocycles. The maximum Gasteiger partial charge on any atom is 0.188 e. The summed E-state index contributed by atoms with van der Waals surface area (Å²) in [5.74, 6) is 1.41. The van der Waals surface area contributed by atoms with Crippen molar-refractivity contribution in [3.8, 4) is 11.5 Å². The lowest BCUT2D eigenvalue weighted by Gasteiger charge is -2.08. The minimum Gasteiger partial charge on any atom is -0.456 e. The smallest absolute Gasteiger partial charge is 0.188 e. The number of fused-ring (bicyclic) bond motifs is 1. The van der Waals surface area contributed by atoms with Gasteiger partial charge in [-0.1, -0.05) is 11.2 Å². The van der Waals surface area contributed by atoms with Gasteiger partial charge in [-0.2, -0.15) is 0 Å². The van der Waals surface area contributed by atoms with Gasteiger partial charge in [0.1, 0.15) is 17.2 Å². The predicted octanol–water partition coefficient (Wildman–Crippen LogP) is 2.46. The molecule has 20 heavy (non-hydrogen) atoms. The van der Waals surface area contributed by atoms with E-state index in [0.717, 1.165) is 18.6 Å². The van der Waals surface area contributed by atoms with E-state index in [-0.39, 0.29) is 5.84 Å². The average molecular weight is 269 g/mol. The predicted molar refractivity (Wildman–Crippen MR) is 75.3 cm³/mol. The van der Waals surface area contributed by atoms with Gasteiger partial charge < -0.3 is 15.7 Å². The molecule has 0 atom stereocenters. The lowest BCUT2D eigenvalue weighted by molar-refractivity contribution is 0.318. The maximum atomic E-state index is 8.57. The quantitative estimate of drug-likeness (QED) is 0.388. The number of rotatable bonds is 3. The molecular weight excluding hydrogens is 254 g/mol. The molecule has 0 fully saturated rings. The highest BCUT2D eigenvalue weighted by atomic mass is 16.5. The summed E-state index contributed by atoms with van der Waals surface area (Å²) >= 11 is 0. The summed E-state index contributed by atoms with van der Waals surface area (Å²) < 4.78 is 5.77. The molecule has 5 nitrogen and oxygen atoms in total. The second-order valence-electron chi connectivity index (χ2n) is 4.75. The summed E-state index contributed by atoms with van der Waals surface area (Å²) in [6.45, 7) is 0. The fourth-order valence-corrected chi connectivity index (χ4v) is 2.39. The van der Waals surface area contributed by atoms with Gasteiger partial charge in [0.2, 0.25) is 0 Å². The molecule has 1 aliphatic carbocycles. The average Bonchev–Trinajstić information content (AvgIpc) is 2.95. The largest absolute Gasteiger partial charge is 0.456 e. The fourth-order valence-electron chi connectivity index (χ4n) is 2.39. The molecule has 5 heteroatoms. The van der Waals surface area contributed by atoms with Crippen LogP contribution in [0.5, 0.6) is 11.5 Å². The Morgan fingerprint density at radius 1 is 1.15 bits per heavy atom. The number of oxime groups is 1. The molecule has 0 spiro atoms. The SMILES string of the molecule is N/C(=N/O)c1ccc(Oc2ccc3c(c2)CCC3)cn1. The van der Waals surface area contributed by atoms with Gasteiger partial charge in [-0.15, -0.1) is 0 Å². The van der Waals surface area contributed by atoms with Crippen LogP contribution in [0.3, 0.4) is 0 Å². The van der Waals surface area contributed by atoms with Crippen molar-refractivity contribution in [3.05, 3.63) is 53.3 Å². The van der Waals surface area contributed by atoms with E-state index in [0.29, 0.717) is 11.4 Å². The van der Waals surface area contributed by atoms with Crippen LogP contribution in [0.1, 0.15) is 23.2 Å². The summed E-state index contributed by atoms with van der Waals surface area (Å²) in [5, 5.41) is 11.5. The molecule has 0 saturated heterocycles. The standard InChI is InChI=1S/C15H15N3O2/c16-15(18-19)14-7-6-13(9-17-14)20-12-5-4-10-2-1-3-11(10)8-12/h4-9,19H,1-3H2,(H2,16,18). The van der Waals surface area contributed by atoms with Gasteiger partial charge in [-0.3, -0.25) is 0 Å². The minimum atomic E-state index is -0.0194. The summed E-state index contributed by atoms with van der Waals surface area (Å²) in [6, 6.07) is 9.57. The highest BCUT2D eigenvalue weighted by Crippen LogP contribution is 2.28. The lowest BCUT2D eigenvalue weighted by atomic mass is 10.1. The lowest BCUT2D eigenvalue weighted by Crippen LogP contribution is -2.14. The van der Waals surface area contributed by atoms with Gasteiger partial charge in [0, 0.05) is 0 Å². The molecule has 0 unspecified atom stereocenters. The summed E-state index contributed by atoms with van der Waals surface area (Å²) in [6.07, 6.45) is 5.05. The van der Waals surface area contributed by atoms with Gasteiger partial charge in [-0.25, -0.2) is 4.98 Å². The Hall–Kier alpha value is -2.56. The Balaban J connectivity index is 1.78. The summed E-state index contributed by atoms with van der Waals surface area (Å²) in [7, 11) is 0. The fraction of sp³-hybridized carbons (Fsp3) is 0.200. The van der Waals surface area contributed by atoms with Crippen LogP contribution in [0.4, 0.5) is 0 Å². The van der Waals surface area contributed by atoms with Crippen LogP contribution < -0.4 is 10.5 Å². The van der Waals surface area contributed by atoms with Gasteiger partial charge in [-0.05, 0) is 54.7 Å². The first-order chi connectivity index (χ1) is 9.76. The van der Waals surface area contributed by atoms with Crippen molar-refractivity contribution in [2.24, 2.45) is 10.9 Å². The number of aromatic nitrogens is 1. The first kappa shape index (κ1) is 12.5. The Bertz CT molecular complexity index is 651. The second-order valence-corrected chi connectivity index (χ2v) is 4.75. The van der Waals surface area contributed by atoms with E-state index in [2.05, 4.69) is 22.3 Å². The monoisotopic (exact) mass is 269 g/mol. The third kappa shape index (κ3) is 2.42. The van der Waals surface area contributed by atoms with Crippen molar-refractivity contribution >= 4 is 5.84 Å². The van der Waals surface area contributed by atoms with Crippen molar-refractivity contribution in [2.75, 3.05) is 0 Å². The molecule has 0 amide bonds. The van der Waals surface area contributed by atoms with E-state index in [1.165, 1.54) is 17.5 Å².